The minimum absolute atomic E-state index is 0.130. The summed E-state index contributed by atoms with van der Waals surface area (Å²) >= 11 is 0. The van der Waals surface area contributed by atoms with Crippen LogP contribution < -0.4 is 0 Å². The molecule has 0 amide bonds. The van der Waals surface area contributed by atoms with Crippen LogP contribution in [0, 0.1) is 6.92 Å². The van der Waals surface area contributed by atoms with E-state index in [1.54, 1.807) is 6.33 Å². The van der Waals surface area contributed by atoms with Crippen LogP contribution in [0.25, 0.3) is 22.0 Å². The zero-order chi connectivity index (χ0) is 23.3. The first kappa shape index (κ1) is 21.4. The monoisotopic (exact) mass is 470 g/mol. The van der Waals surface area contributed by atoms with E-state index in [1.807, 2.05) is 12.3 Å². The summed E-state index contributed by atoms with van der Waals surface area (Å²) in [6.07, 6.45) is 5.18. The van der Waals surface area contributed by atoms with Crippen molar-refractivity contribution in [2.24, 2.45) is 0 Å². The predicted molar refractivity (Wildman–Crippen MR) is 133 cm³/mol. The number of hydrogen-bond acceptors (Lipinski definition) is 6. The third-order valence-electron chi connectivity index (χ3n) is 7.12. The molecule has 2 aliphatic rings. The van der Waals surface area contributed by atoms with E-state index in [-0.39, 0.29) is 17.5 Å². The van der Waals surface area contributed by atoms with Gasteiger partial charge in [0.25, 0.3) is 0 Å². The Morgan fingerprint density at radius 3 is 2.65 bits per heavy atom. The molecule has 6 nitrogen and oxygen atoms in total. The van der Waals surface area contributed by atoms with Gasteiger partial charge in [-0.25, -0.2) is 18.4 Å². The van der Waals surface area contributed by atoms with Crippen LogP contribution in [0.2, 0.25) is 0 Å². The molecule has 0 atom stereocenters. The van der Waals surface area contributed by atoms with Crippen LogP contribution in [0.5, 0.6) is 0 Å². The van der Waals surface area contributed by atoms with Gasteiger partial charge in [0.05, 0.1) is 28.6 Å². The molecule has 1 saturated heterocycles. The number of rotatable bonds is 4. The van der Waals surface area contributed by atoms with Gasteiger partial charge in [0.1, 0.15) is 6.33 Å². The average molecular weight is 471 g/mol. The summed E-state index contributed by atoms with van der Waals surface area (Å²) in [6, 6.07) is 17.1. The first-order chi connectivity index (χ1) is 16.4. The zero-order valence-electron chi connectivity index (χ0n) is 19.1. The van der Waals surface area contributed by atoms with Crippen molar-refractivity contribution in [3.05, 3.63) is 89.1 Å². The zero-order valence-corrected chi connectivity index (χ0v) is 19.9. The van der Waals surface area contributed by atoms with Crippen molar-refractivity contribution in [1.29, 1.82) is 0 Å². The molecule has 0 unspecified atom stereocenters. The molecule has 0 spiro atoms. The van der Waals surface area contributed by atoms with Gasteiger partial charge in [0, 0.05) is 42.7 Å². The second kappa shape index (κ2) is 8.25. The second-order valence-corrected chi connectivity index (χ2v) is 11.6. The van der Waals surface area contributed by atoms with Gasteiger partial charge >= 0.3 is 0 Å². The molecule has 0 bridgehead atoms. The van der Waals surface area contributed by atoms with E-state index in [4.69, 9.17) is 4.98 Å². The molecule has 4 heterocycles. The lowest BCUT2D eigenvalue weighted by atomic mass is 9.95. The van der Waals surface area contributed by atoms with Crippen LogP contribution in [0.4, 0.5) is 0 Å². The summed E-state index contributed by atoms with van der Waals surface area (Å²) in [5, 5.41) is 2.33. The van der Waals surface area contributed by atoms with Gasteiger partial charge in [-0.1, -0.05) is 36.4 Å². The Morgan fingerprint density at radius 1 is 1.00 bits per heavy atom. The molecule has 2 aromatic heterocycles. The molecule has 34 heavy (non-hydrogen) atoms. The van der Waals surface area contributed by atoms with Gasteiger partial charge in [0.2, 0.25) is 0 Å². The van der Waals surface area contributed by atoms with Crippen molar-refractivity contribution in [1.82, 2.24) is 19.9 Å². The lowest BCUT2D eigenvalue weighted by Crippen LogP contribution is -2.54. The molecular formula is C27H26N4O2S. The maximum atomic E-state index is 11.6. The van der Waals surface area contributed by atoms with Gasteiger partial charge < -0.3 is 0 Å². The second-order valence-electron chi connectivity index (χ2n) is 9.44. The van der Waals surface area contributed by atoms with E-state index in [0.717, 1.165) is 47.4 Å². The third-order valence-corrected chi connectivity index (χ3v) is 8.90. The van der Waals surface area contributed by atoms with Crippen molar-refractivity contribution >= 4 is 20.6 Å². The highest BCUT2D eigenvalue weighted by atomic mass is 32.2. The lowest BCUT2D eigenvalue weighted by molar-refractivity contribution is 0.192. The molecule has 0 radical (unpaired) electrons. The molecule has 7 heteroatoms. The Bertz CT molecular complexity index is 1500. The number of aromatic nitrogens is 3. The van der Waals surface area contributed by atoms with Crippen molar-refractivity contribution in [2.45, 2.75) is 32.4 Å². The molecule has 6 rings (SSSR count). The maximum absolute atomic E-state index is 11.6. The molecule has 2 aromatic carbocycles. The van der Waals surface area contributed by atoms with E-state index in [9.17, 15) is 8.42 Å². The molecule has 2 aliphatic heterocycles. The fourth-order valence-electron chi connectivity index (χ4n) is 5.13. The number of hydrogen-bond donors (Lipinski definition) is 0. The predicted octanol–water partition coefficient (Wildman–Crippen LogP) is 3.75. The van der Waals surface area contributed by atoms with E-state index >= 15 is 0 Å². The Morgan fingerprint density at radius 2 is 1.82 bits per heavy atom. The summed E-state index contributed by atoms with van der Waals surface area (Å²) in [4.78, 5) is 16.2. The highest BCUT2D eigenvalue weighted by molar-refractivity contribution is 7.92. The summed E-state index contributed by atoms with van der Waals surface area (Å²) < 4.78 is 23.2. The summed E-state index contributed by atoms with van der Waals surface area (Å²) in [6.45, 7) is 3.68. The summed E-state index contributed by atoms with van der Waals surface area (Å²) in [5.74, 6) is 0.546. The molecule has 4 aromatic rings. The minimum Gasteiger partial charge on any atom is -0.292 e. The fraction of sp³-hybridized carbons (Fsp3) is 0.296. The SMILES string of the molecule is Cc1ccc(Cc2ncnc3c2CCN(C2CS(=O)(=O)C2)C3)cc1-c1cc2ccccc2cn1. The lowest BCUT2D eigenvalue weighted by Gasteiger charge is -2.39. The van der Waals surface area contributed by atoms with E-state index in [1.165, 1.54) is 22.1 Å². The highest BCUT2D eigenvalue weighted by Crippen LogP contribution is 2.29. The van der Waals surface area contributed by atoms with Crippen molar-refractivity contribution in [2.75, 3.05) is 18.1 Å². The maximum Gasteiger partial charge on any atom is 0.153 e. The first-order valence-electron chi connectivity index (χ1n) is 11.7. The van der Waals surface area contributed by atoms with Crippen LogP contribution in [0.1, 0.15) is 28.1 Å². The van der Waals surface area contributed by atoms with Crippen LogP contribution in [0.3, 0.4) is 0 Å². The Balaban J connectivity index is 1.27. The third kappa shape index (κ3) is 3.99. The van der Waals surface area contributed by atoms with Gasteiger partial charge in [-0.15, -0.1) is 0 Å². The number of benzene rings is 2. The molecule has 172 valence electrons. The fourth-order valence-corrected chi connectivity index (χ4v) is 6.63. The molecule has 0 saturated carbocycles. The van der Waals surface area contributed by atoms with E-state index in [0.29, 0.717) is 6.54 Å². The molecule has 0 aliphatic carbocycles. The number of sulfone groups is 1. The largest absolute Gasteiger partial charge is 0.292 e. The first-order valence-corrected chi connectivity index (χ1v) is 13.5. The Kier molecular flexibility index (Phi) is 5.19. The van der Waals surface area contributed by atoms with Crippen LogP contribution in [-0.2, 0) is 29.2 Å². The number of aryl methyl sites for hydroxylation is 1. The van der Waals surface area contributed by atoms with Crippen LogP contribution >= 0.6 is 0 Å². The number of nitrogens with zero attached hydrogens (tertiary/aromatic N) is 4. The quantitative estimate of drug-likeness (QED) is 0.452. The normalized spacial score (nSPS) is 17.9. The number of fused-ring (bicyclic) bond motifs is 2. The minimum atomic E-state index is -2.83. The van der Waals surface area contributed by atoms with Crippen molar-refractivity contribution in [3.8, 4) is 11.3 Å². The van der Waals surface area contributed by atoms with Gasteiger partial charge in [0.15, 0.2) is 9.84 Å². The average Bonchev–Trinajstić information content (AvgIpc) is 2.83. The standard InChI is InChI=1S/C27H26N4O2S/c1-18-6-7-19(10-24(18)26-12-20-4-2-3-5-21(20)13-28-26)11-25-23-8-9-31(14-27(23)30-17-29-25)22-15-34(32,33)16-22/h2-7,10,12-13,17,22H,8-9,11,14-16H2,1H3. The summed E-state index contributed by atoms with van der Waals surface area (Å²) in [7, 11) is -2.83. The van der Waals surface area contributed by atoms with E-state index < -0.39 is 9.84 Å². The van der Waals surface area contributed by atoms with Crippen LogP contribution in [-0.4, -0.2) is 52.4 Å². The van der Waals surface area contributed by atoms with Crippen LogP contribution in [0.15, 0.2) is 61.1 Å². The Hall–Kier alpha value is -3.16. The molecular weight excluding hydrogens is 444 g/mol. The van der Waals surface area contributed by atoms with Gasteiger partial charge in [-0.3, -0.25) is 9.88 Å². The molecule has 0 N–H and O–H groups in total. The van der Waals surface area contributed by atoms with E-state index in [2.05, 4.69) is 64.3 Å². The van der Waals surface area contributed by atoms with Gasteiger partial charge in [-0.05, 0) is 47.6 Å². The van der Waals surface area contributed by atoms with Gasteiger partial charge in [-0.2, -0.15) is 0 Å². The topological polar surface area (TPSA) is 76.1 Å². The highest BCUT2D eigenvalue weighted by Gasteiger charge is 2.39. The van der Waals surface area contributed by atoms with Crippen molar-refractivity contribution in [3.63, 3.8) is 0 Å². The van der Waals surface area contributed by atoms with Crippen molar-refractivity contribution < 1.29 is 8.42 Å². The Labute approximate surface area is 199 Å². The summed E-state index contributed by atoms with van der Waals surface area (Å²) in [5.41, 5.74) is 7.83. The number of pyridine rings is 1. The molecule has 1 fully saturated rings. The smallest absolute Gasteiger partial charge is 0.153 e.